The number of rotatable bonds is 4. The lowest BCUT2D eigenvalue weighted by atomic mass is 10.2. The Morgan fingerprint density at radius 1 is 1.38 bits per heavy atom. The maximum atomic E-state index is 12.2. The van der Waals surface area contributed by atoms with E-state index in [4.69, 9.17) is 28.9 Å². The van der Waals surface area contributed by atoms with Gasteiger partial charge in [-0.05, 0) is 37.3 Å². The molecule has 7 heteroatoms. The van der Waals surface area contributed by atoms with Gasteiger partial charge in [-0.25, -0.2) is 4.98 Å². The van der Waals surface area contributed by atoms with Crippen LogP contribution in [0, 0.1) is 0 Å². The van der Waals surface area contributed by atoms with E-state index in [2.05, 4.69) is 10.3 Å². The van der Waals surface area contributed by atoms with Gasteiger partial charge in [-0.1, -0.05) is 35.0 Å². The number of thioether (sulfide) groups is 1. The van der Waals surface area contributed by atoms with Crippen LogP contribution in [0.2, 0.25) is 10.0 Å². The minimum Gasteiger partial charge on any atom is -0.397 e. The number of anilines is 2. The second kappa shape index (κ2) is 7.02. The highest BCUT2D eigenvalue weighted by Gasteiger charge is 2.17. The van der Waals surface area contributed by atoms with Crippen LogP contribution in [-0.2, 0) is 4.79 Å². The Morgan fingerprint density at radius 3 is 2.86 bits per heavy atom. The minimum absolute atomic E-state index is 0.198. The predicted octanol–water partition coefficient (Wildman–Crippen LogP) is 4.09. The van der Waals surface area contributed by atoms with Crippen LogP contribution in [0.25, 0.3) is 0 Å². The Hall–Kier alpha value is -1.43. The second-order valence-electron chi connectivity index (χ2n) is 4.27. The number of halogens is 2. The molecule has 21 heavy (non-hydrogen) atoms. The number of benzene rings is 1. The minimum atomic E-state index is -0.379. The number of nitrogens with one attached hydrogen (secondary N) is 1. The molecule has 1 atom stereocenters. The summed E-state index contributed by atoms with van der Waals surface area (Å²) in [7, 11) is 0. The van der Waals surface area contributed by atoms with Gasteiger partial charge in [0.15, 0.2) is 0 Å². The van der Waals surface area contributed by atoms with Crippen LogP contribution >= 0.6 is 35.0 Å². The van der Waals surface area contributed by atoms with Crippen molar-refractivity contribution in [2.75, 3.05) is 11.1 Å². The quantitative estimate of drug-likeness (QED) is 0.649. The first-order valence-electron chi connectivity index (χ1n) is 6.10. The molecule has 0 spiro atoms. The van der Waals surface area contributed by atoms with Crippen LogP contribution in [-0.4, -0.2) is 16.1 Å². The van der Waals surface area contributed by atoms with Crippen molar-refractivity contribution < 1.29 is 4.79 Å². The third kappa shape index (κ3) is 4.27. The number of aromatic nitrogens is 1. The van der Waals surface area contributed by atoms with Crippen LogP contribution in [0.15, 0.2) is 41.6 Å². The van der Waals surface area contributed by atoms with Crippen molar-refractivity contribution in [3.8, 4) is 0 Å². The first-order chi connectivity index (χ1) is 9.97. The average molecular weight is 342 g/mol. The lowest BCUT2D eigenvalue weighted by Gasteiger charge is -2.13. The first kappa shape index (κ1) is 15.9. The summed E-state index contributed by atoms with van der Waals surface area (Å²) in [4.78, 5) is 16.3. The second-order valence-corrected chi connectivity index (χ2v) is 6.44. The van der Waals surface area contributed by atoms with Gasteiger partial charge in [0.1, 0.15) is 5.03 Å². The topological polar surface area (TPSA) is 68.0 Å². The molecule has 1 unspecified atom stereocenters. The summed E-state index contributed by atoms with van der Waals surface area (Å²) >= 11 is 13.2. The standard InChI is InChI=1S/C14H13Cl2N3OS/c1-8(21-14-10(16)3-2-6-18-14)13(20)19-12-7-9(15)4-5-11(12)17/h2-8H,17H2,1H3,(H,19,20). The Labute approximate surface area is 137 Å². The molecule has 110 valence electrons. The van der Waals surface area contributed by atoms with Gasteiger partial charge >= 0.3 is 0 Å². The van der Waals surface area contributed by atoms with Crippen LogP contribution in [0.5, 0.6) is 0 Å². The number of pyridine rings is 1. The van der Waals surface area contributed by atoms with E-state index in [1.807, 2.05) is 0 Å². The number of hydrogen-bond donors (Lipinski definition) is 2. The molecule has 0 saturated carbocycles. The molecular formula is C14H13Cl2N3OS. The molecule has 1 amide bonds. The van der Waals surface area contributed by atoms with Gasteiger partial charge in [-0.15, -0.1) is 0 Å². The van der Waals surface area contributed by atoms with Gasteiger partial charge in [0.05, 0.1) is 21.6 Å². The summed E-state index contributed by atoms with van der Waals surface area (Å²) < 4.78 is 0. The third-order valence-corrected chi connectivity index (χ3v) is 4.42. The van der Waals surface area contributed by atoms with Crippen molar-refractivity contribution >= 4 is 52.2 Å². The fourth-order valence-electron chi connectivity index (χ4n) is 1.55. The molecule has 2 rings (SSSR count). The predicted molar refractivity (Wildman–Crippen MR) is 89.1 cm³/mol. The molecule has 0 bridgehead atoms. The zero-order valence-corrected chi connectivity index (χ0v) is 13.5. The number of carbonyl (C=O) groups is 1. The molecule has 3 N–H and O–H groups in total. The fraction of sp³-hybridized carbons (Fsp3) is 0.143. The van der Waals surface area contributed by atoms with Crippen molar-refractivity contribution in [2.45, 2.75) is 17.2 Å². The van der Waals surface area contributed by atoms with E-state index in [-0.39, 0.29) is 11.2 Å². The SMILES string of the molecule is CC(Sc1ncccc1Cl)C(=O)Nc1cc(Cl)ccc1N. The van der Waals surface area contributed by atoms with Crippen molar-refractivity contribution in [1.82, 2.24) is 4.98 Å². The van der Waals surface area contributed by atoms with Crippen molar-refractivity contribution in [3.05, 3.63) is 46.6 Å². The highest BCUT2D eigenvalue weighted by Crippen LogP contribution is 2.29. The highest BCUT2D eigenvalue weighted by atomic mass is 35.5. The summed E-state index contributed by atoms with van der Waals surface area (Å²) in [6.07, 6.45) is 1.63. The van der Waals surface area contributed by atoms with E-state index in [1.54, 1.807) is 43.5 Å². The average Bonchev–Trinajstić information content (AvgIpc) is 2.45. The lowest BCUT2D eigenvalue weighted by molar-refractivity contribution is -0.115. The number of nitrogens with zero attached hydrogens (tertiary/aromatic N) is 1. The molecule has 4 nitrogen and oxygen atoms in total. The van der Waals surface area contributed by atoms with Crippen LogP contribution in [0.4, 0.5) is 11.4 Å². The molecule has 1 aromatic carbocycles. The Bertz CT molecular complexity index is 666. The van der Waals surface area contributed by atoms with Gasteiger partial charge in [-0.3, -0.25) is 4.79 Å². The summed E-state index contributed by atoms with van der Waals surface area (Å²) in [5.74, 6) is -0.198. The van der Waals surface area contributed by atoms with Gasteiger partial charge in [-0.2, -0.15) is 0 Å². The van der Waals surface area contributed by atoms with Gasteiger partial charge in [0.2, 0.25) is 5.91 Å². The van der Waals surface area contributed by atoms with Crippen molar-refractivity contribution in [1.29, 1.82) is 0 Å². The van der Waals surface area contributed by atoms with Crippen LogP contribution in [0.1, 0.15) is 6.92 Å². The molecule has 0 radical (unpaired) electrons. The monoisotopic (exact) mass is 341 g/mol. The Balaban J connectivity index is 2.06. The summed E-state index contributed by atoms with van der Waals surface area (Å²) in [6.45, 7) is 1.77. The molecule has 0 aliphatic carbocycles. The molecular weight excluding hydrogens is 329 g/mol. The van der Waals surface area contributed by atoms with Crippen LogP contribution < -0.4 is 11.1 Å². The summed E-state index contributed by atoms with van der Waals surface area (Å²) in [6, 6.07) is 8.39. The molecule has 2 aromatic rings. The number of carbonyl (C=O) groups excluding carboxylic acids is 1. The summed E-state index contributed by atoms with van der Waals surface area (Å²) in [5, 5.41) is 4.01. The molecule has 0 aliphatic rings. The molecule has 1 heterocycles. The smallest absolute Gasteiger partial charge is 0.237 e. The van der Waals surface area contributed by atoms with E-state index in [1.165, 1.54) is 11.8 Å². The van der Waals surface area contributed by atoms with E-state index in [0.717, 1.165) is 0 Å². The van der Waals surface area contributed by atoms with E-state index >= 15 is 0 Å². The third-order valence-electron chi connectivity index (χ3n) is 2.66. The first-order valence-corrected chi connectivity index (χ1v) is 7.74. The summed E-state index contributed by atoms with van der Waals surface area (Å²) in [5.41, 5.74) is 6.75. The number of hydrogen-bond acceptors (Lipinski definition) is 4. The highest BCUT2D eigenvalue weighted by molar-refractivity contribution is 8.00. The Kier molecular flexibility index (Phi) is 5.33. The van der Waals surface area contributed by atoms with Crippen LogP contribution in [0.3, 0.4) is 0 Å². The number of nitrogens with two attached hydrogens (primary N) is 1. The molecule has 0 fully saturated rings. The normalized spacial score (nSPS) is 12.0. The Morgan fingerprint density at radius 2 is 2.14 bits per heavy atom. The van der Waals surface area contributed by atoms with Crippen molar-refractivity contribution in [2.24, 2.45) is 0 Å². The molecule has 0 saturated heterocycles. The largest absolute Gasteiger partial charge is 0.397 e. The van der Waals surface area contributed by atoms with Gasteiger partial charge in [0, 0.05) is 11.2 Å². The van der Waals surface area contributed by atoms with E-state index in [0.29, 0.717) is 26.4 Å². The van der Waals surface area contributed by atoms with Crippen molar-refractivity contribution in [3.63, 3.8) is 0 Å². The molecule has 1 aromatic heterocycles. The van der Waals surface area contributed by atoms with E-state index in [9.17, 15) is 4.79 Å². The number of amides is 1. The lowest BCUT2D eigenvalue weighted by Crippen LogP contribution is -2.23. The van der Waals surface area contributed by atoms with Gasteiger partial charge < -0.3 is 11.1 Å². The maximum Gasteiger partial charge on any atom is 0.237 e. The zero-order chi connectivity index (χ0) is 15.4. The van der Waals surface area contributed by atoms with Gasteiger partial charge in [0.25, 0.3) is 0 Å². The van der Waals surface area contributed by atoms with E-state index < -0.39 is 0 Å². The fourth-order valence-corrected chi connectivity index (χ4v) is 2.78. The molecule has 0 aliphatic heterocycles. The zero-order valence-electron chi connectivity index (χ0n) is 11.1. The number of nitrogen functional groups attached to an aromatic ring is 1. The maximum absolute atomic E-state index is 12.2.